The first-order chi connectivity index (χ1) is 32.8. The van der Waals surface area contributed by atoms with Crippen molar-refractivity contribution in [1.82, 2.24) is 29.9 Å². The van der Waals surface area contributed by atoms with Gasteiger partial charge in [0.2, 0.25) is 35.7 Å². The van der Waals surface area contributed by atoms with Gasteiger partial charge >= 0.3 is 11.9 Å². The third kappa shape index (κ3) is 15.2. The summed E-state index contributed by atoms with van der Waals surface area (Å²) in [6.45, 7) is -0.726. The van der Waals surface area contributed by atoms with E-state index in [4.69, 9.17) is 20.1 Å². The van der Waals surface area contributed by atoms with Crippen molar-refractivity contribution in [2.45, 2.75) is 34.7 Å². The summed E-state index contributed by atoms with van der Waals surface area (Å²) in [5, 5.41) is 67.0. The second-order valence-electron chi connectivity index (χ2n) is 13.8. The molecule has 0 saturated heterocycles. The molecule has 2 atom stereocenters. The van der Waals surface area contributed by atoms with Gasteiger partial charge in [-0.3, -0.25) is 19.9 Å². The Hall–Kier alpha value is -7.64. The summed E-state index contributed by atoms with van der Waals surface area (Å²) in [5.74, 6) is -2.94. The number of nitrogens with one attached hydrogen (secondary N) is 6. The zero-order chi connectivity index (χ0) is 48.5. The van der Waals surface area contributed by atoms with Crippen LogP contribution < -0.4 is 31.9 Å². The van der Waals surface area contributed by atoms with E-state index in [0.717, 1.165) is 6.07 Å². The molecular formula is C40H40N12O14S2. The second kappa shape index (κ2) is 24.2. The van der Waals surface area contributed by atoms with Gasteiger partial charge in [-0.15, -0.1) is 4.33 Å². The molecule has 6 rings (SSSR count). The molecule has 0 bridgehead atoms. The number of carboxylic acid groups (broad SMARTS) is 2. The number of para-hydroxylation sites is 2. The van der Waals surface area contributed by atoms with Crippen molar-refractivity contribution in [1.29, 1.82) is 0 Å². The van der Waals surface area contributed by atoms with Gasteiger partial charge in [0.15, 0.2) is 0 Å². The summed E-state index contributed by atoms with van der Waals surface area (Å²) in [4.78, 5) is 57.2. The number of carboxylic acids is 2. The van der Waals surface area contributed by atoms with Gasteiger partial charge in [-0.1, -0.05) is 65.7 Å². The molecular weight excluding hydrogens is 937 g/mol. The molecule has 2 unspecified atom stereocenters. The Labute approximate surface area is 389 Å². The van der Waals surface area contributed by atoms with Crippen LogP contribution in [0.15, 0.2) is 107 Å². The maximum Gasteiger partial charge on any atom is 0.326 e. The smallest absolute Gasteiger partial charge is 0.326 e. The summed E-state index contributed by atoms with van der Waals surface area (Å²) in [6.07, 6.45) is 2.23. The van der Waals surface area contributed by atoms with Crippen LogP contribution in [0.25, 0.3) is 12.2 Å². The minimum Gasteiger partial charge on any atom is -0.481 e. The highest BCUT2D eigenvalue weighted by Gasteiger charge is 2.22. The number of aromatic nitrogens is 6. The summed E-state index contributed by atoms with van der Waals surface area (Å²) >= 11 is 0.568. The van der Waals surface area contributed by atoms with Crippen LogP contribution >= 0.6 is 12.0 Å². The topological polar surface area (TPSA) is 376 Å². The first kappa shape index (κ1) is 49.8. The zero-order valence-corrected chi connectivity index (χ0v) is 36.5. The van der Waals surface area contributed by atoms with Crippen molar-refractivity contribution in [2.24, 2.45) is 0 Å². The van der Waals surface area contributed by atoms with E-state index in [9.17, 15) is 32.8 Å². The number of hydrogen-bond acceptors (Lipinski definition) is 24. The molecule has 68 heavy (non-hydrogen) atoms. The number of aliphatic carboxylic acids is 2. The van der Waals surface area contributed by atoms with Gasteiger partial charge in [-0.25, -0.2) is 19.8 Å². The molecule has 356 valence electrons. The fraction of sp³-hybridized carbons (Fsp3) is 0.150. The quantitative estimate of drug-likeness (QED) is 0.00923. The van der Waals surface area contributed by atoms with Crippen LogP contribution in [-0.2, 0) is 38.9 Å². The lowest BCUT2D eigenvalue weighted by Gasteiger charge is -2.17. The number of carbonyl (C=O) groups is 2. The van der Waals surface area contributed by atoms with Crippen LogP contribution in [-0.4, -0.2) is 106 Å². The van der Waals surface area contributed by atoms with E-state index in [2.05, 4.69) is 76.6 Å². The summed E-state index contributed by atoms with van der Waals surface area (Å²) < 4.78 is 40.6. The molecule has 0 aliphatic carbocycles. The molecule has 2 aromatic heterocycles. The highest BCUT2D eigenvalue weighted by atomic mass is 32.2. The molecule has 0 aliphatic heterocycles. The van der Waals surface area contributed by atoms with E-state index >= 15 is 0 Å². The minimum absolute atomic E-state index is 0.0202. The van der Waals surface area contributed by atoms with Gasteiger partial charge in [-0.2, -0.15) is 38.3 Å². The van der Waals surface area contributed by atoms with Crippen molar-refractivity contribution in [3.05, 3.63) is 108 Å². The number of anilines is 10. The highest BCUT2D eigenvalue weighted by molar-refractivity contribution is 7.94. The fourth-order valence-electron chi connectivity index (χ4n) is 5.91. The van der Waals surface area contributed by atoms with Crippen LogP contribution in [0.1, 0.15) is 24.0 Å². The van der Waals surface area contributed by atoms with Crippen LogP contribution in [0.5, 0.6) is 0 Å². The van der Waals surface area contributed by atoms with Gasteiger partial charge in [0.1, 0.15) is 17.5 Å². The molecule has 0 radical (unpaired) electrons. The molecule has 4 aromatic carbocycles. The maximum atomic E-state index is 12.8. The van der Waals surface area contributed by atoms with Gasteiger partial charge in [-0.05, 0) is 59.7 Å². The lowest BCUT2D eigenvalue weighted by atomic mass is 10.1. The summed E-state index contributed by atoms with van der Waals surface area (Å²) in [7, 11) is -4.89. The standard InChI is InChI=1S/C40H40N12O14S2/c53-33(54)21-29(22-64-58)45-39-49-35(41-25-7-3-1-4-8-25)47-37(50-39)43-27-15-13-23(31(19-27)67-66-65-59)11-12-24-14-16-28(20-32(24)68(60,61)62)44-38-48-36(42-26-9-5-2-6-10-26)51-40(52-38)46-30(34(55)56)17-18-63-57/h1-16,19-20,29-30,57-59H,17-18,21-22H2,(H,53,54)(H,55,56)(H,60,61,62)(H3,41,43,45,47,49,50)(H3,42,44,46,48,51,52)/b12-11+. The van der Waals surface area contributed by atoms with Crippen molar-refractivity contribution < 1.29 is 67.7 Å². The Balaban J connectivity index is 1.28. The Morgan fingerprint density at radius 1 is 0.632 bits per heavy atom. The molecule has 2 heterocycles. The Kier molecular flexibility index (Phi) is 17.7. The van der Waals surface area contributed by atoms with Gasteiger partial charge in [0.25, 0.3) is 10.1 Å². The molecule has 0 spiro atoms. The van der Waals surface area contributed by atoms with E-state index in [1.165, 1.54) is 30.4 Å². The van der Waals surface area contributed by atoms with Crippen LogP contribution in [0.4, 0.5) is 58.4 Å². The third-order valence-electron chi connectivity index (χ3n) is 8.87. The van der Waals surface area contributed by atoms with E-state index in [-0.39, 0.29) is 64.9 Å². The molecule has 0 amide bonds. The second-order valence-corrected chi connectivity index (χ2v) is 15.9. The number of rotatable bonds is 26. The monoisotopic (exact) mass is 976 g/mol. The van der Waals surface area contributed by atoms with E-state index in [1.54, 1.807) is 66.7 Å². The Morgan fingerprint density at radius 2 is 1.13 bits per heavy atom. The third-order valence-corrected chi connectivity index (χ3v) is 10.4. The Bertz CT molecular complexity index is 2800. The maximum absolute atomic E-state index is 12.8. The van der Waals surface area contributed by atoms with E-state index < -0.39 is 52.1 Å². The van der Waals surface area contributed by atoms with Gasteiger partial charge in [0, 0.05) is 34.1 Å². The SMILES string of the molecule is O=C(O)CC(COO)Nc1nc(Nc2ccccc2)nc(Nc2ccc(/C=C/c3ccc(Nc4nc(Nc5ccccc5)nc(NC(CCOO)C(=O)O)n4)cc3S(=O)(=O)O)c(SOOO)c2)n1. The van der Waals surface area contributed by atoms with E-state index in [0.29, 0.717) is 34.7 Å². The van der Waals surface area contributed by atoms with Gasteiger partial charge in [0.05, 0.1) is 31.1 Å². The number of nitrogens with zero attached hydrogens (tertiary/aromatic N) is 6. The first-order valence-electron chi connectivity index (χ1n) is 19.6. The zero-order valence-electron chi connectivity index (χ0n) is 34.8. The summed E-state index contributed by atoms with van der Waals surface area (Å²) in [5.41, 5.74) is 2.03. The van der Waals surface area contributed by atoms with Crippen molar-refractivity contribution >= 4 is 105 Å². The van der Waals surface area contributed by atoms with Crippen molar-refractivity contribution in [3.63, 3.8) is 0 Å². The first-order valence-corrected chi connectivity index (χ1v) is 21.8. The molecule has 6 aromatic rings. The van der Waals surface area contributed by atoms with Crippen molar-refractivity contribution in [2.75, 3.05) is 45.1 Å². The summed E-state index contributed by atoms with van der Waals surface area (Å²) in [6, 6.07) is 24.0. The van der Waals surface area contributed by atoms with Crippen LogP contribution in [0.2, 0.25) is 0 Å². The average Bonchev–Trinajstić information content (AvgIpc) is 3.29. The van der Waals surface area contributed by atoms with Crippen molar-refractivity contribution in [3.8, 4) is 0 Å². The predicted octanol–water partition coefficient (Wildman–Crippen LogP) is 6.37. The van der Waals surface area contributed by atoms with Crippen LogP contribution in [0, 0.1) is 0 Å². The average molecular weight is 977 g/mol. The Morgan fingerprint density at radius 3 is 1.63 bits per heavy atom. The molecule has 12 N–H and O–H groups in total. The van der Waals surface area contributed by atoms with Gasteiger partial charge < -0.3 is 42.1 Å². The molecule has 0 fully saturated rings. The molecule has 0 saturated carbocycles. The lowest BCUT2D eigenvalue weighted by Crippen LogP contribution is -2.31. The molecule has 28 heteroatoms. The van der Waals surface area contributed by atoms with Crippen LogP contribution in [0.3, 0.4) is 0 Å². The predicted molar refractivity (Wildman–Crippen MR) is 244 cm³/mol. The fourth-order valence-corrected chi connectivity index (χ4v) is 7.13. The largest absolute Gasteiger partial charge is 0.481 e. The lowest BCUT2D eigenvalue weighted by molar-refractivity contribution is -0.432. The number of hydrogen-bond donors (Lipinski definition) is 12. The highest BCUT2D eigenvalue weighted by Crippen LogP contribution is 2.32. The minimum atomic E-state index is -4.89. The normalized spacial score (nSPS) is 12.2. The van der Waals surface area contributed by atoms with E-state index in [1.807, 2.05) is 6.07 Å². The molecule has 0 aliphatic rings. The number of benzene rings is 4. The molecule has 26 nitrogen and oxygen atoms in total.